The Morgan fingerprint density at radius 3 is 2.46 bits per heavy atom. The van der Waals surface area contributed by atoms with E-state index in [-0.39, 0.29) is 5.91 Å². The topological polar surface area (TPSA) is 48.6 Å². The lowest BCUT2D eigenvalue weighted by atomic mass is 10.0. The van der Waals surface area contributed by atoms with Crippen molar-refractivity contribution >= 4 is 45.7 Å². The molecule has 5 nitrogen and oxygen atoms in total. The number of fused-ring (bicyclic) bond motifs is 1. The molecule has 0 spiro atoms. The van der Waals surface area contributed by atoms with Gasteiger partial charge in [-0.25, -0.2) is 0 Å². The number of piperazine rings is 1. The van der Waals surface area contributed by atoms with Gasteiger partial charge in [-0.15, -0.1) is 0 Å². The van der Waals surface area contributed by atoms with E-state index in [9.17, 15) is 4.79 Å². The molecule has 1 saturated heterocycles. The summed E-state index contributed by atoms with van der Waals surface area (Å²) in [5, 5.41) is 2.16. The summed E-state index contributed by atoms with van der Waals surface area (Å²) in [5.41, 5.74) is 5.19. The molecule has 0 unspecified atom stereocenters. The third-order valence-corrected chi connectivity index (χ3v) is 7.41. The van der Waals surface area contributed by atoms with Gasteiger partial charge in [-0.2, -0.15) is 0 Å². The van der Waals surface area contributed by atoms with Gasteiger partial charge in [-0.3, -0.25) is 4.79 Å². The van der Waals surface area contributed by atoms with Crippen molar-refractivity contribution < 1.29 is 9.53 Å². The van der Waals surface area contributed by atoms with Crippen LogP contribution in [-0.4, -0.2) is 49.1 Å². The number of carbonyl (C=O) groups is 1. The second-order valence-corrected chi connectivity index (χ2v) is 9.51. The maximum absolute atomic E-state index is 13.2. The number of aryl methyl sites for hydroxylation is 1. The van der Waals surface area contributed by atoms with Crippen molar-refractivity contribution in [3.63, 3.8) is 0 Å². The fourth-order valence-corrected chi connectivity index (χ4v) is 5.13. The summed E-state index contributed by atoms with van der Waals surface area (Å²) in [6, 6.07) is 21.8. The van der Waals surface area contributed by atoms with Crippen LogP contribution in [0.4, 0.5) is 5.69 Å². The highest BCUT2D eigenvalue weighted by atomic mass is 35.5. The fourth-order valence-electron chi connectivity index (χ4n) is 4.84. The van der Waals surface area contributed by atoms with Crippen molar-refractivity contribution in [2.45, 2.75) is 12.8 Å². The van der Waals surface area contributed by atoms with E-state index in [0.717, 1.165) is 52.3 Å². The SMILES string of the molecule is COc1ccccc1N1CCN(C(=O)CCc2c(-c3ccc(Cl)c(Cl)c3)[nH]c3ccccc23)CC1. The molecule has 180 valence electrons. The molecule has 0 saturated carbocycles. The van der Waals surface area contributed by atoms with Crippen LogP contribution in [0.1, 0.15) is 12.0 Å². The zero-order valence-electron chi connectivity index (χ0n) is 19.6. The maximum atomic E-state index is 13.2. The molecule has 0 radical (unpaired) electrons. The Morgan fingerprint density at radius 1 is 0.943 bits per heavy atom. The van der Waals surface area contributed by atoms with Crippen molar-refractivity contribution in [3.8, 4) is 17.0 Å². The van der Waals surface area contributed by atoms with Gasteiger partial charge in [-0.05, 0) is 47.9 Å². The smallest absolute Gasteiger partial charge is 0.223 e. The minimum atomic E-state index is 0.176. The summed E-state index contributed by atoms with van der Waals surface area (Å²) in [5.74, 6) is 1.04. The second kappa shape index (κ2) is 10.2. The summed E-state index contributed by atoms with van der Waals surface area (Å²) in [7, 11) is 1.69. The first-order valence-corrected chi connectivity index (χ1v) is 12.5. The molecule has 1 aliphatic heterocycles. The number of H-pyrrole nitrogens is 1. The molecule has 1 aromatic heterocycles. The molecule has 35 heavy (non-hydrogen) atoms. The lowest BCUT2D eigenvalue weighted by Crippen LogP contribution is -2.48. The number of nitrogens with one attached hydrogen (secondary N) is 1. The van der Waals surface area contributed by atoms with Crippen molar-refractivity contribution in [3.05, 3.63) is 82.3 Å². The van der Waals surface area contributed by atoms with Crippen molar-refractivity contribution in [1.29, 1.82) is 0 Å². The Bertz CT molecular complexity index is 1360. The average molecular weight is 508 g/mol. The van der Waals surface area contributed by atoms with Gasteiger partial charge in [0.1, 0.15) is 5.75 Å². The first kappa shape index (κ1) is 23.6. The van der Waals surface area contributed by atoms with Crippen molar-refractivity contribution in [2.24, 2.45) is 0 Å². The van der Waals surface area contributed by atoms with Gasteiger partial charge in [0.2, 0.25) is 5.91 Å². The maximum Gasteiger partial charge on any atom is 0.223 e. The van der Waals surface area contributed by atoms with Crippen LogP contribution in [0.5, 0.6) is 5.75 Å². The number of hydrogen-bond donors (Lipinski definition) is 1. The summed E-state index contributed by atoms with van der Waals surface area (Å²) in [6.07, 6.45) is 1.09. The predicted molar refractivity (Wildman–Crippen MR) is 144 cm³/mol. The number of aromatic nitrogens is 1. The van der Waals surface area contributed by atoms with Gasteiger partial charge in [-0.1, -0.05) is 59.6 Å². The van der Waals surface area contributed by atoms with Crippen LogP contribution in [0.15, 0.2) is 66.7 Å². The normalized spacial score (nSPS) is 13.9. The van der Waals surface area contributed by atoms with Gasteiger partial charge in [0.15, 0.2) is 0 Å². The molecule has 5 rings (SSSR count). The van der Waals surface area contributed by atoms with E-state index in [1.165, 1.54) is 0 Å². The minimum absolute atomic E-state index is 0.176. The molecular weight excluding hydrogens is 481 g/mol. The number of amides is 1. The van der Waals surface area contributed by atoms with Crippen LogP contribution in [0.2, 0.25) is 10.0 Å². The van der Waals surface area contributed by atoms with Gasteiger partial charge < -0.3 is 19.5 Å². The Balaban J connectivity index is 1.30. The molecule has 0 atom stereocenters. The molecule has 4 aromatic rings. The molecule has 2 heterocycles. The Hall–Kier alpha value is -3.15. The van der Waals surface area contributed by atoms with Crippen LogP contribution < -0.4 is 9.64 Å². The summed E-state index contributed by atoms with van der Waals surface area (Å²) < 4.78 is 5.51. The Morgan fingerprint density at radius 2 is 1.69 bits per heavy atom. The molecule has 1 amide bonds. The Kier molecular flexibility index (Phi) is 6.89. The minimum Gasteiger partial charge on any atom is -0.495 e. The van der Waals surface area contributed by atoms with E-state index < -0.39 is 0 Å². The van der Waals surface area contributed by atoms with Gasteiger partial charge >= 0.3 is 0 Å². The monoisotopic (exact) mass is 507 g/mol. The van der Waals surface area contributed by atoms with Gasteiger partial charge in [0, 0.05) is 49.2 Å². The molecule has 1 N–H and O–H groups in total. The third kappa shape index (κ3) is 4.84. The molecule has 1 fully saturated rings. The summed E-state index contributed by atoms with van der Waals surface area (Å²) >= 11 is 12.4. The number of anilines is 1. The first-order valence-electron chi connectivity index (χ1n) is 11.8. The van der Waals surface area contributed by atoms with Crippen molar-refractivity contribution in [1.82, 2.24) is 9.88 Å². The zero-order chi connectivity index (χ0) is 24.4. The number of para-hydroxylation sites is 3. The number of rotatable bonds is 6. The number of benzene rings is 3. The molecule has 0 aliphatic carbocycles. The number of carbonyl (C=O) groups excluding carboxylic acids is 1. The predicted octanol–water partition coefficient (Wildman–Crippen LogP) is 6.43. The van der Waals surface area contributed by atoms with Crippen molar-refractivity contribution in [2.75, 3.05) is 38.2 Å². The largest absolute Gasteiger partial charge is 0.495 e. The van der Waals surface area contributed by atoms with Crippen LogP contribution in [0, 0.1) is 0 Å². The third-order valence-electron chi connectivity index (χ3n) is 6.67. The van der Waals surface area contributed by atoms with Crippen LogP contribution in [-0.2, 0) is 11.2 Å². The fraction of sp³-hybridized carbons (Fsp3) is 0.250. The zero-order valence-corrected chi connectivity index (χ0v) is 21.1. The second-order valence-electron chi connectivity index (χ2n) is 8.69. The van der Waals surface area contributed by atoms with E-state index in [2.05, 4.69) is 28.1 Å². The number of hydrogen-bond acceptors (Lipinski definition) is 3. The van der Waals surface area contributed by atoms with Crippen LogP contribution >= 0.6 is 23.2 Å². The van der Waals surface area contributed by atoms with Gasteiger partial charge in [0.05, 0.1) is 22.8 Å². The number of aromatic amines is 1. The highest BCUT2D eigenvalue weighted by Gasteiger charge is 2.23. The van der Waals surface area contributed by atoms with E-state index >= 15 is 0 Å². The highest BCUT2D eigenvalue weighted by molar-refractivity contribution is 6.42. The average Bonchev–Trinajstić information content (AvgIpc) is 3.27. The molecule has 0 bridgehead atoms. The quantitative estimate of drug-likeness (QED) is 0.327. The lowest BCUT2D eigenvalue weighted by Gasteiger charge is -2.36. The number of ether oxygens (including phenoxy) is 1. The number of nitrogens with zero attached hydrogens (tertiary/aromatic N) is 2. The number of methoxy groups -OCH3 is 1. The van der Waals surface area contributed by atoms with E-state index in [1.807, 2.05) is 47.4 Å². The standard InChI is InChI=1S/C28H27Cl2N3O2/c1-35-26-9-5-4-8-25(26)32-14-16-33(17-15-32)27(34)13-11-21-20-6-2-3-7-24(20)31-28(21)19-10-12-22(29)23(30)18-19/h2-10,12,18,31H,11,13-17H2,1H3. The molecule has 3 aromatic carbocycles. The molecular formula is C28H27Cl2N3O2. The Labute approximate surface area is 215 Å². The summed E-state index contributed by atoms with van der Waals surface area (Å²) in [4.78, 5) is 21.0. The highest BCUT2D eigenvalue weighted by Crippen LogP contribution is 2.35. The van der Waals surface area contributed by atoms with E-state index in [1.54, 1.807) is 13.2 Å². The first-order chi connectivity index (χ1) is 17.0. The van der Waals surface area contributed by atoms with E-state index in [0.29, 0.717) is 36.0 Å². The van der Waals surface area contributed by atoms with E-state index in [4.69, 9.17) is 27.9 Å². The summed E-state index contributed by atoms with van der Waals surface area (Å²) in [6.45, 7) is 2.97. The van der Waals surface area contributed by atoms with Gasteiger partial charge in [0.25, 0.3) is 0 Å². The number of halogens is 2. The molecule has 7 heteroatoms. The van der Waals surface area contributed by atoms with Crippen LogP contribution in [0.25, 0.3) is 22.2 Å². The molecule has 1 aliphatic rings. The van der Waals surface area contributed by atoms with Crippen LogP contribution in [0.3, 0.4) is 0 Å². The lowest BCUT2D eigenvalue weighted by molar-refractivity contribution is -0.131.